The molecule has 3 N–H and O–H groups in total. The van der Waals surface area contributed by atoms with Gasteiger partial charge in [-0.05, 0) is 36.4 Å². The highest BCUT2D eigenvalue weighted by atomic mass is 32.2. The summed E-state index contributed by atoms with van der Waals surface area (Å²) in [5, 5.41) is 10.8. The quantitative estimate of drug-likeness (QED) is 0.665. The smallest absolute Gasteiger partial charge is 0.275 e. The van der Waals surface area contributed by atoms with Crippen LogP contribution in [0.5, 0.6) is 0 Å². The lowest BCUT2D eigenvalue weighted by Gasteiger charge is -2.06. The van der Waals surface area contributed by atoms with Crippen LogP contribution in [0, 0.1) is 0 Å². The van der Waals surface area contributed by atoms with Gasteiger partial charge in [-0.15, -0.1) is 16.9 Å². The molecule has 0 aliphatic rings. The summed E-state index contributed by atoms with van der Waals surface area (Å²) in [5.41, 5.74) is 8.16. The fourth-order valence-electron chi connectivity index (χ4n) is 2.43. The molecule has 0 bridgehead atoms. The second-order valence-corrected chi connectivity index (χ2v) is 6.31. The van der Waals surface area contributed by atoms with Crippen molar-refractivity contribution in [2.24, 2.45) is 0 Å². The lowest BCUT2D eigenvalue weighted by Crippen LogP contribution is -2.27. The van der Waals surface area contributed by atoms with E-state index in [-0.39, 0.29) is 17.4 Å². The minimum absolute atomic E-state index is 0.141. The molecule has 0 unspecified atom stereocenters. The molecule has 1 amide bonds. The van der Waals surface area contributed by atoms with Gasteiger partial charge in [0.15, 0.2) is 11.5 Å². The molecule has 0 fully saturated rings. The molecule has 0 aliphatic heterocycles. The Morgan fingerprint density at radius 3 is 2.76 bits per heavy atom. The molecule has 3 rings (SSSR count). The molecule has 2 aromatic carbocycles. The van der Waals surface area contributed by atoms with Crippen LogP contribution in [0.1, 0.15) is 16.1 Å². The summed E-state index contributed by atoms with van der Waals surface area (Å²) in [5.74, 6) is -0.0869. The molecule has 0 aliphatic carbocycles. The van der Waals surface area contributed by atoms with Crippen molar-refractivity contribution in [1.29, 1.82) is 0 Å². The number of nitrogens with zero attached hydrogens (tertiary/aromatic N) is 3. The zero-order valence-corrected chi connectivity index (χ0v) is 14.7. The van der Waals surface area contributed by atoms with Gasteiger partial charge in [0.05, 0.1) is 5.69 Å². The van der Waals surface area contributed by atoms with E-state index in [1.165, 1.54) is 4.68 Å². The van der Waals surface area contributed by atoms with Crippen molar-refractivity contribution in [2.75, 3.05) is 18.5 Å². The highest BCUT2D eigenvalue weighted by molar-refractivity contribution is 7.98. The first-order valence-corrected chi connectivity index (χ1v) is 9.09. The Morgan fingerprint density at radius 2 is 2.00 bits per heavy atom. The molecule has 3 aromatic rings. The second kappa shape index (κ2) is 7.85. The number of carbonyl (C=O) groups is 1. The van der Waals surface area contributed by atoms with Gasteiger partial charge >= 0.3 is 0 Å². The predicted octanol–water partition coefficient (Wildman–Crippen LogP) is 2.54. The number of hydrogen-bond acceptors (Lipinski definition) is 5. The van der Waals surface area contributed by atoms with Gasteiger partial charge < -0.3 is 11.1 Å². The van der Waals surface area contributed by atoms with E-state index in [0.717, 1.165) is 22.6 Å². The maximum absolute atomic E-state index is 12.3. The third-order valence-electron chi connectivity index (χ3n) is 3.76. The van der Waals surface area contributed by atoms with Crippen LogP contribution in [-0.2, 0) is 6.42 Å². The lowest BCUT2D eigenvalue weighted by atomic mass is 10.1. The predicted molar refractivity (Wildman–Crippen MR) is 100 cm³/mol. The fraction of sp³-hybridized carbons (Fsp3) is 0.167. The molecule has 1 aromatic heterocycles. The van der Waals surface area contributed by atoms with Gasteiger partial charge in [0.25, 0.3) is 5.91 Å². The van der Waals surface area contributed by atoms with Crippen molar-refractivity contribution in [2.45, 2.75) is 11.3 Å². The van der Waals surface area contributed by atoms with E-state index in [0.29, 0.717) is 6.54 Å². The fourth-order valence-corrected chi connectivity index (χ4v) is 2.89. The Labute approximate surface area is 150 Å². The summed E-state index contributed by atoms with van der Waals surface area (Å²) in [6, 6.07) is 17.7. The standard InChI is InChI=1S/C18H19N5OS/c1-25-15-9-5-8-14(12-15)23-17(19)16(21-22-23)18(24)20-11-10-13-6-3-2-4-7-13/h2-9,12H,10-11,19H2,1H3,(H,20,24). The first kappa shape index (κ1) is 17.0. The normalized spacial score (nSPS) is 10.6. The largest absolute Gasteiger partial charge is 0.382 e. The number of thioether (sulfide) groups is 1. The van der Waals surface area contributed by atoms with E-state index in [9.17, 15) is 4.79 Å². The number of nitrogens with two attached hydrogens (primary N) is 1. The van der Waals surface area contributed by atoms with Gasteiger partial charge in [0, 0.05) is 11.4 Å². The monoisotopic (exact) mass is 353 g/mol. The molecular weight excluding hydrogens is 334 g/mol. The number of amides is 1. The average molecular weight is 353 g/mol. The summed E-state index contributed by atoms with van der Waals surface area (Å²) in [6.45, 7) is 0.511. The summed E-state index contributed by atoms with van der Waals surface area (Å²) in [7, 11) is 0. The Bertz CT molecular complexity index is 863. The van der Waals surface area contributed by atoms with Gasteiger partial charge in [0.2, 0.25) is 0 Å². The lowest BCUT2D eigenvalue weighted by molar-refractivity contribution is 0.0950. The first-order chi connectivity index (χ1) is 12.2. The van der Waals surface area contributed by atoms with Crippen molar-refractivity contribution in [3.63, 3.8) is 0 Å². The summed E-state index contributed by atoms with van der Waals surface area (Å²) >= 11 is 1.62. The topological polar surface area (TPSA) is 85.8 Å². The number of nitrogens with one attached hydrogen (secondary N) is 1. The summed E-state index contributed by atoms with van der Waals surface area (Å²) < 4.78 is 1.48. The maximum atomic E-state index is 12.3. The SMILES string of the molecule is CSc1cccc(-n2nnc(C(=O)NCCc3ccccc3)c2N)c1. The molecule has 0 saturated heterocycles. The summed E-state index contributed by atoms with van der Waals surface area (Å²) in [6.07, 6.45) is 2.74. The minimum Gasteiger partial charge on any atom is -0.382 e. The third kappa shape index (κ3) is 4.00. The highest BCUT2D eigenvalue weighted by Crippen LogP contribution is 2.20. The van der Waals surface area contributed by atoms with Crippen LogP contribution in [0.2, 0.25) is 0 Å². The Balaban J connectivity index is 1.68. The molecule has 25 heavy (non-hydrogen) atoms. The van der Waals surface area contributed by atoms with Gasteiger partial charge in [-0.25, -0.2) is 0 Å². The summed E-state index contributed by atoms with van der Waals surface area (Å²) in [4.78, 5) is 13.4. The number of rotatable bonds is 6. The number of aromatic nitrogens is 3. The molecule has 0 spiro atoms. The molecule has 128 valence electrons. The molecule has 1 heterocycles. The Morgan fingerprint density at radius 1 is 1.20 bits per heavy atom. The zero-order valence-electron chi connectivity index (χ0n) is 13.8. The van der Waals surface area contributed by atoms with Crippen LogP contribution in [0.3, 0.4) is 0 Å². The van der Waals surface area contributed by atoms with Crippen molar-refractivity contribution in [1.82, 2.24) is 20.3 Å². The van der Waals surface area contributed by atoms with E-state index in [1.807, 2.05) is 60.9 Å². The van der Waals surface area contributed by atoms with E-state index in [1.54, 1.807) is 11.8 Å². The molecule has 0 saturated carbocycles. The van der Waals surface area contributed by atoms with Gasteiger partial charge in [-0.1, -0.05) is 41.6 Å². The van der Waals surface area contributed by atoms with Crippen LogP contribution in [0.15, 0.2) is 59.5 Å². The van der Waals surface area contributed by atoms with Crippen LogP contribution < -0.4 is 11.1 Å². The van der Waals surface area contributed by atoms with Crippen LogP contribution in [0.25, 0.3) is 5.69 Å². The van der Waals surface area contributed by atoms with Gasteiger partial charge in [-0.3, -0.25) is 4.79 Å². The average Bonchev–Trinajstić information content (AvgIpc) is 3.04. The number of carbonyl (C=O) groups excluding carboxylic acids is 1. The molecule has 0 atom stereocenters. The van der Waals surface area contributed by atoms with Gasteiger partial charge in [-0.2, -0.15) is 4.68 Å². The van der Waals surface area contributed by atoms with Crippen molar-refractivity contribution in [3.05, 3.63) is 65.9 Å². The number of nitrogen functional groups attached to an aromatic ring is 1. The maximum Gasteiger partial charge on any atom is 0.275 e. The van der Waals surface area contributed by atoms with Crippen LogP contribution in [0.4, 0.5) is 5.82 Å². The highest BCUT2D eigenvalue weighted by Gasteiger charge is 2.18. The molecule has 7 heteroatoms. The Hall–Kier alpha value is -2.80. The van der Waals surface area contributed by atoms with Gasteiger partial charge in [0.1, 0.15) is 0 Å². The Kier molecular flexibility index (Phi) is 5.35. The molecule has 0 radical (unpaired) electrons. The zero-order chi connectivity index (χ0) is 17.6. The van der Waals surface area contributed by atoms with Crippen molar-refractivity contribution >= 4 is 23.5 Å². The first-order valence-electron chi connectivity index (χ1n) is 7.87. The second-order valence-electron chi connectivity index (χ2n) is 5.43. The number of anilines is 1. The third-order valence-corrected chi connectivity index (χ3v) is 4.49. The number of benzene rings is 2. The van der Waals surface area contributed by atoms with E-state index >= 15 is 0 Å². The van der Waals surface area contributed by atoms with Crippen LogP contribution >= 0.6 is 11.8 Å². The number of hydrogen-bond donors (Lipinski definition) is 2. The van der Waals surface area contributed by atoms with E-state index in [4.69, 9.17) is 5.73 Å². The molecular formula is C18H19N5OS. The molecule has 6 nitrogen and oxygen atoms in total. The van der Waals surface area contributed by atoms with Crippen molar-refractivity contribution in [3.8, 4) is 5.69 Å². The minimum atomic E-state index is -0.319. The van der Waals surface area contributed by atoms with E-state index < -0.39 is 0 Å². The van der Waals surface area contributed by atoms with Crippen LogP contribution in [-0.4, -0.2) is 33.7 Å². The van der Waals surface area contributed by atoms with Crippen molar-refractivity contribution < 1.29 is 4.79 Å². The van der Waals surface area contributed by atoms with E-state index in [2.05, 4.69) is 15.6 Å².